The van der Waals surface area contributed by atoms with Gasteiger partial charge in [0.15, 0.2) is 5.75 Å². The Morgan fingerprint density at radius 1 is 0.828 bits per heavy atom. The van der Waals surface area contributed by atoms with Crippen LogP contribution in [0.4, 0.5) is 11.4 Å². The van der Waals surface area contributed by atoms with Crippen LogP contribution in [0.1, 0.15) is 25.0 Å². The monoisotopic (exact) mass is 465 g/mol. The second kappa shape index (κ2) is 12.7. The summed E-state index contributed by atoms with van der Waals surface area (Å²) in [7, 11) is -3.11. The van der Waals surface area contributed by atoms with Crippen LogP contribution in [-0.4, -0.2) is 22.8 Å². The second-order valence-electron chi connectivity index (χ2n) is 5.50. The Morgan fingerprint density at radius 3 is 1.97 bits per heavy atom. The first-order chi connectivity index (χ1) is 13.3. The van der Waals surface area contributed by atoms with Crippen molar-refractivity contribution in [2.45, 2.75) is 27.7 Å². The van der Waals surface area contributed by atoms with Gasteiger partial charge in [0.2, 0.25) is 0 Å². The van der Waals surface area contributed by atoms with Crippen LogP contribution in [0.3, 0.4) is 0 Å². The third kappa shape index (κ3) is 7.65. The van der Waals surface area contributed by atoms with Gasteiger partial charge in [-0.1, -0.05) is 44.2 Å². The molecule has 7 nitrogen and oxygen atoms in total. The number of aryl methyl sites for hydroxylation is 2. The Morgan fingerprint density at radius 2 is 1.38 bits per heavy atom. The fraction of sp³-hybridized carbons (Fsp3) is 0.200. The number of azo groups is 1. The second-order valence-corrected chi connectivity index (χ2v) is 5.91. The van der Waals surface area contributed by atoms with E-state index >= 15 is 0 Å². The summed E-state index contributed by atoms with van der Waals surface area (Å²) >= 11 is 0. The molecular weight excluding hydrogens is 444 g/mol. The van der Waals surface area contributed by atoms with E-state index in [2.05, 4.69) is 10.2 Å². The number of aromatic hydroxyl groups is 2. The number of nitrogens with zero attached hydrogens (tertiary/aromatic N) is 2. The Labute approximate surface area is 181 Å². The number of hydrogen-bond acceptors (Lipinski definition) is 7. The number of rotatable bonds is 2. The minimum absolute atomic E-state index is 0. The zero-order valence-corrected chi connectivity index (χ0v) is 18.1. The summed E-state index contributed by atoms with van der Waals surface area (Å²) in [5.41, 5.74) is 2.67. The molecule has 29 heavy (non-hydrogen) atoms. The number of fused-ring (bicyclic) bond motifs is 1. The normalized spacial score (nSPS) is 9.66. The molecule has 0 saturated heterocycles. The molecule has 0 heterocycles. The molecule has 9 heteroatoms. The van der Waals surface area contributed by atoms with Crippen LogP contribution >= 0.6 is 0 Å². The molecule has 2 N–H and O–H groups in total. The molecular formula is C20H22CuN2O5S. The zero-order chi connectivity index (χ0) is 21.3. The number of phenolic OH excluding ortho intramolecular Hbond substituents is 2. The van der Waals surface area contributed by atoms with Crippen LogP contribution in [0.5, 0.6) is 11.5 Å². The van der Waals surface area contributed by atoms with E-state index in [1.807, 2.05) is 58.0 Å². The first-order valence-corrected chi connectivity index (χ1v) is 9.49. The molecule has 0 aliphatic rings. The first kappa shape index (κ1) is 26.3. The Bertz CT molecular complexity index is 1090. The quantitative estimate of drug-likeness (QED) is 0.393. The maximum absolute atomic E-state index is 10.4. The van der Waals surface area contributed by atoms with Crippen molar-refractivity contribution >= 4 is 32.8 Å². The van der Waals surface area contributed by atoms with E-state index in [1.165, 1.54) is 0 Å². The average Bonchev–Trinajstić information content (AvgIpc) is 2.64. The van der Waals surface area contributed by atoms with Gasteiger partial charge < -0.3 is 10.2 Å². The molecule has 0 atom stereocenters. The molecule has 0 unspecified atom stereocenters. The van der Waals surface area contributed by atoms with Gasteiger partial charge in [-0.3, -0.25) is 0 Å². The van der Waals surface area contributed by atoms with Gasteiger partial charge >= 0.3 is 10.6 Å². The van der Waals surface area contributed by atoms with E-state index in [0.717, 1.165) is 21.9 Å². The largest absolute Gasteiger partial charge is 0.506 e. The summed E-state index contributed by atoms with van der Waals surface area (Å²) in [5, 5.41) is 30.1. The van der Waals surface area contributed by atoms with Gasteiger partial charge in [0.25, 0.3) is 0 Å². The van der Waals surface area contributed by atoms with Gasteiger partial charge in [-0.15, -0.1) is 22.9 Å². The van der Waals surface area contributed by atoms with Crippen molar-refractivity contribution in [1.82, 2.24) is 0 Å². The molecule has 159 valence electrons. The number of phenols is 2. The van der Waals surface area contributed by atoms with Crippen LogP contribution < -0.4 is 0 Å². The smallest absolute Gasteiger partial charge is 0.425 e. The maximum atomic E-state index is 10.4. The fourth-order valence-corrected chi connectivity index (χ4v) is 2.44. The predicted octanol–water partition coefficient (Wildman–Crippen LogP) is 5.30. The molecule has 0 bridgehead atoms. The van der Waals surface area contributed by atoms with Gasteiger partial charge in [-0.05, 0) is 48.6 Å². The molecule has 0 aliphatic carbocycles. The van der Waals surface area contributed by atoms with Crippen molar-refractivity contribution in [1.29, 1.82) is 0 Å². The van der Waals surface area contributed by atoms with Crippen molar-refractivity contribution in [2.75, 3.05) is 0 Å². The molecule has 3 aromatic carbocycles. The van der Waals surface area contributed by atoms with E-state index in [1.54, 1.807) is 18.2 Å². The summed E-state index contributed by atoms with van der Waals surface area (Å²) in [6, 6.07) is 14.6. The summed E-state index contributed by atoms with van der Waals surface area (Å²) in [5.74, 6) is 0.172. The average molecular weight is 466 g/mol. The van der Waals surface area contributed by atoms with E-state index in [4.69, 9.17) is 12.6 Å². The van der Waals surface area contributed by atoms with E-state index < -0.39 is 10.6 Å². The maximum Gasteiger partial charge on any atom is 0.425 e. The SMILES string of the molecule is CC.Cc1ccc(N=Nc2ccc3cccc(C)c3c2O)c(O)c1.O=S(=O)=O.[Cu]. The van der Waals surface area contributed by atoms with Crippen LogP contribution in [-0.2, 0) is 27.7 Å². The van der Waals surface area contributed by atoms with Crippen LogP contribution in [0.25, 0.3) is 10.8 Å². The van der Waals surface area contributed by atoms with Gasteiger partial charge in [-0.25, -0.2) is 0 Å². The van der Waals surface area contributed by atoms with Crippen molar-refractivity contribution in [3.63, 3.8) is 0 Å². The molecule has 1 radical (unpaired) electrons. The fourth-order valence-electron chi connectivity index (χ4n) is 2.44. The molecule has 3 rings (SSSR count). The number of benzene rings is 3. The summed E-state index contributed by atoms with van der Waals surface area (Å²) in [6.45, 7) is 7.83. The Hall–Kier alpha value is -2.74. The minimum atomic E-state index is -3.11. The van der Waals surface area contributed by atoms with Gasteiger partial charge in [-0.2, -0.15) is 0 Å². The van der Waals surface area contributed by atoms with Crippen molar-refractivity contribution in [3.05, 3.63) is 59.7 Å². The standard InChI is InChI=1S/C18H16N2O2.C2H6.Cu.O3S/c1-11-6-8-14(16(21)10-11)19-20-15-9-7-13-5-3-4-12(2)17(13)18(15)22;1-2;;1-4(2)3/h3-10,21-22H,1-2H3;1-2H3;;. The Balaban J connectivity index is 0.00000100. The summed E-state index contributed by atoms with van der Waals surface area (Å²) in [6.07, 6.45) is 0. The van der Waals surface area contributed by atoms with Gasteiger partial charge in [0, 0.05) is 22.5 Å². The first-order valence-electron chi connectivity index (χ1n) is 8.49. The third-order valence-corrected chi connectivity index (χ3v) is 3.60. The molecule has 0 fully saturated rings. The Kier molecular flexibility index (Phi) is 11.5. The molecule has 0 amide bonds. The summed E-state index contributed by atoms with van der Waals surface area (Å²) in [4.78, 5) is 0. The molecule has 0 aromatic heterocycles. The molecule has 0 spiro atoms. The number of hydrogen-bond donors (Lipinski definition) is 2. The van der Waals surface area contributed by atoms with Crippen molar-refractivity contribution < 1.29 is 39.9 Å². The third-order valence-electron chi connectivity index (χ3n) is 3.60. The molecule has 0 aliphatic heterocycles. The van der Waals surface area contributed by atoms with Crippen molar-refractivity contribution in [2.24, 2.45) is 10.2 Å². The minimum Gasteiger partial charge on any atom is -0.506 e. The zero-order valence-electron chi connectivity index (χ0n) is 16.3. The predicted molar refractivity (Wildman–Crippen MR) is 108 cm³/mol. The van der Waals surface area contributed by atoms with Gasteiger partial charge in [0.05, 0.1) is 0 Å². The topological polar surface area (TPSA) is 116 Å². The molecule has 3 aromatic rings. The van der Waals surface area contributed by atoms with Crippen LogP contribution in [0, 0.1) is 13.8 Å². The van der Waals surface area contributed by atoms with E-state index in [0.29, 0.717) is 11.4 Å². The summed E-state index contributed by atoms with van der Waals surface area (Å²) < 4.78 is 25.3. The van der Waals surface area contributed by atoms with E-state index in [-0.39, 0.29) is 28.6 Å². The van der Waals surface area contributed by atoms with Gasteiger partial charge in [0.1, 0.15) is 17.1 Å². The van der Waals surface area contributed by atoms with Crippen LogP contribution in [0.2, 0.25) is 0 Å². The van der Waals surface area contributed by atoms with E-state index in [9.17, 15) is 10.2 Å². The van der Waals surface area contributed by atoms with Crippen molar-refractivity contribution in [3.8, 4) is 11.5 Å². The molecule has 0 saturated carbocycles. The van der Waals surface area contributed by atoms with Crippen LogP contribution in [0.15, 0.2) is 58.8 Å².